The fraction of sp³-hybridized carbons (Fsp3) is 0.367. The van der Waals surface area contributed by atoms with E-state index in [2.05, 4.69) is 15.6 Å². The van der Waals surface area contributed by atoms with Gasteiger partial charge in [-0.3, -0.25) is 23.6 Å². The van der Waals surface area contributed by atoms with Crippen LogP contribution in [0.5, 0.6) is 0 Å². The van der Waals surface area contributed by atoms with E-state index in [1.54, 1.807) is 40.9 Å². The highest BCUT2D eigenvalue weighted by Gasteiger charge is 2.29. The predicted octanol–water partition coefficient (Wildman–Crippen LogP) is 2.21. The lowest BCUT2D eigenvalue weighted by Gasteiger charge is -2.27. The van der Waals surface area contributed by atoms with E-state index in [0.717, 1.165) is 5.56 Å². The van der Waals surface area contributed by atoms with E-state index in [9.17, 15) is 19.2 Å². The Labute approximate surface area is 242 Å². The number of carbonyl (C=O) groups is 3. The third-order valence-corrected chi connectivity index (χ3v) is 7.29. The van der Waals surface area contributed by atoms with Crippen LogP contribution in [0.4, 0.5) is 0 Å². The van der Waals surface area contributed by atoms with Gasteiger partial charge in [-0.05, 0) is 31.4 Å². The Morgan fingerprint density at radius 3 is 2.50 bits per heavy atom. The van der Waals surface area contributed by atoms with E-state index in [4.69, 9.17) is 10.1 Å². The number of benzene rings is 1. The maximum Gasteiger partial charge on any atom is 0.270 e. The SMILES string of the molecule is CC(C)[C@@H]1NC(=O)[C@@H](C)NC(=O)CCCN(C(=O)c2cnc3ccccn3c2=O)CCn2nc(-c3ccccc3)nc21. The maximum atomic E-state index is 13.8. The molecule has 218 valence electrons. The van der Waals surface area contributed by atoms with Gasteiger partial charge in [0.05, 0.1) is 12.6 Å². The van der Waals surface area contributed by atoms with Crippen LogP contribution in [0.25, 0.3) is 17.0 Å². The van der Waals surface area contributed by atoms with Crippen molar-refractivity contribution in [1.29, 1.82) is 0 Å². The Bertz CT molecular complexity index is 1660. The first-order valence-electron chi connectivity index (χ1n) is 14.1. The molecule has 1 aliphatic heterocycles. The lowest BCUT2D eigenvalue weighted by atomic mass is 10.0. The molecule has 42 heavy (non-hydrogen) atoms. The molecule has 2 atom stereocenters. The number of amides is 3. The highest BCUT2D eigenvalue weighted by molar-refractivity contribution is 5.94. The normalized spacial score (nSPS) is 18.7. The summed E-state index contributed by atoms with van der Waals surface area (Å²) in [5.74, 6) is -0.136. The standard InChI is InChI=1S/C30H34N8O4/c1-19(2)25-27-34-26(21-10-5-4-6-11-21)35-38(27)17-16-36(14-9-13-24(39)32-20(3)28(40)33-25)29(41)22-18-31-23-12-7-8-15-37(23)30(22)42/h4-8,10-12,15,18-20,25H,9,13-14,16-17H2,1-3H3,(H,32,39)(H,33,40)/t20-,25+/m1/s1. The van der Waals surface area contributed by atoms with E-state index in [0.29, 0.717) is 23.7 Å². The summed E-state index contributed by atoms with van der Waals surface area (Å²) in [6.07, 6.45) is 3.32. The molecule has 0 saturated heterocycles. The molecule has 0 fully saturated rings. The van der Waals surface area contributed by atoms with Gasteiger partial charge in [-0.2, -0.15) is 5.10 Å². The van der Waals surface area contributed by atoms with Gasteiger partial charge in [0.15, 0.2) is 11.6 Å². The van der Waals surface area contributed by atoms with E-state index in [1.165, 1.54) is 10.6 Å². The van der Waals surface area contributed by atoms with Crippen molar-refractivity contribution in [1.82, 2.24) is 39.7 Å². The van der Waals surface area contributed by atoms with Crippen LogP contribution in [0.1, 0.15) is 55.8 Å². The molecule has 4 aromatic rings. The molecule has 0 saturated carbocycles. The summed E-state index contributed by atoms with van der Waals surface area (Å²) in [6.45, 7) is 6.23. The first-order chi connectivity index (χ1) is 20.2. The Kier molecular flexibility index (Phi) is 8.41. The molecule has 0 radical (unpaired) electrons. The molecule has 5 rings (SSSR count). The van der Waals surface area contributed by atoms with Crippen molar-refractivity contribution in [2.24, 2.45) is 5.92 Å². The zero-order valence-electron chi connectivity index (χ0n) is 23.9. The van der Waals surface area contributed by atoms with Crippen LogP contribution in [-0.2, 0) is 16.1 Å². The van der Waals surface area contributed by atoms with Crippen molar-refractivity contribution < 1.29 is 14.4 Å². The van der Waals surface area contributed by atoms with Gasteiger partial charge in [0.2, 0.25) is 11.8 Å². The fourth-order valence-corrected chi connectivity index (χ4v) is 4.95. The first-order valence-corrected chi connectivity index (χ1v) is 14.1. The van der Waals surface area contributed by atoms with Gasteiger partial charge in [-0.25, -0.2) is 14.6 Å². The zero-order valence-corrected chi connectivity index (χ0v) is 23.9. The second-order valence-electron chi connectivity index (χ2n) is 10.7. The summed E-state index contributed by atoms with van der Waals surface area (Å²) in [6, 6.07) is 13.4. The highest BCUT2D eigenvalue weighted by Crippen LogP contribution is 2.24. The number of rotatable bonds is 3. The molecule has 0 spiro atoms. The van der Waals surface area contributed by atoms with Crippen molar-refractivity contribution in [3.8, 4) is 11.4 Å². The van der Waals surface area contributed by atoms with Crippen LogP contribution in [0.3, 0.4) is 0 Å². The molecule has 0 aliphatic carbocycles. The summed E-state index contributed by atoms with van der Waals surface area (Å²) < 4.78 is 3.05. The molecule has 12 nitrogen and oxygen atoms in total. The molecule has 2 N–H and O–H groups in total. The Morgan fingerprint density at radius 1 is 0.976 bits per heavy atom. The van der Waals surface area contributed by atoms with Gasteiger partial charge >= 0.3 is 0 Å². The molecule has 0 bridgehead atoms. The predicted molar refractivity (Wildman–Crippen MR) is 155 cm³/mol. The molecule has 4 heterocycles. The largest absolute Gasteiger partial charge is 0.345 e. The summed E-state index contributed by atoms with van der Waals surface area (Å²) in [5, 5.41) is 10.6. The fourth-order valence-electron chi connectivity index (χ4n) is 4.95. The summed E-state index contributed by atoms with van der Waals surface area (Å²) in [7, 11) is 0. The van der Waals surface area contributed by atoms with Crippen molar-refractivity contribution >= 4 is 23.4 Å². The third-order valence-electron chi connectivity index (χ3n) is 7.29. The Morgan fingerprint density at radius 2 is 1.74 bits per heavy atom. The Balaban J connectivity index is 1.54. The minimum atomic E-state index is -0.770. The summed E-state index contributed by atoms with van der Waals surface area (Å²) in [4.78, 5) is 63.4. The van der Waals surface area contributed by atoms with Gasteiger partial charge in [0.25, 0.3) is 11.5 Å². The van der Waals surface area contributed by atoms with Crippen LogP contribution in [0.15, 0.2) is 65.7 Å². The van der Waals surface area contributed by atoms with Gasteiger partial charge in [-0.15, -0.1) is 0 Å². The van der Waals surface area contributed by atoms with Crippen LogP contribution < -0.4 is 16.2 Å². The number of hydrogen-bond acceptors (Lipinski definition) is 7. The van der Waals surface area contributed by atoms with E-state index in [1.807, 2.05) is 44.2 Å². The van der Waals surface area contributed by atoms with Crippen LogP contribution in [-0.4, -0.2) is 65.9 Å². The number of aromatic nitrogens is 5. The number of fused-ring (bicyclic) bond motifs is 2. The van der Waals surface area contributed by atoms with Gasteiger partial charge in [0.1, 0.15) is 17.3 Å². The second-order valence-corrected chi connectivity index (χ2v) is 10.7. The number of carbonyl (C=O) groups excluding carboxylic acids is 3. The lowest BCUT2D eigenvalue weighted by Crippen LogP contribution is -2.47. The molecule has 1 aromatic carbocycles. The van der Waals surface area contributed by atoms with Crippen molar-refractivity contribution in [2.45, 2.75) is 52.2 Å². The minimum Gasteiger partial charge on any atom is -0.345 e. The van der Waals surface area contributed by atoms with Crippen LogP contribution in [0.2, 0.25) is 0 Å². The Hall–Kier alpha value is -4.87. The average Bonchev–Trinajstić information content (AvgIpc) is 3.41. The summed E-state index contributed by atoms with van der Waals surface area (Å²) in [5.41, 5.74) is 0.724. The smallest absolute Gasteiger partial charge is 0.270 e. The van der Waals surface area contributed by atoms with Crippen LogP contribution in [0, 0.1) is 5.92 Å². The van der Waals surface area contributed by atoms with Gasteiger partial charge in [0, 0.05) is 37.5 Å². The lowest BCUT2D eigenvalue weighted by molar-refractivity contribution is -0.129. The quantitative estimate of drug-likeness (QED) is 0.384. The first kappa shape index (κ1) is 28.7. The van der Waals surface area contributed by atoms with Crippen LogP contribution >= 0.6 is 0 Å². The number of nitrogens with zero attached hydrogens (tertiary/aromatic N) is 6. The minimum absolute atomic E-state index is 0.0576. The average molecular weight is 571 g/mol. The van der Waals surface area contributed by atoms with E-state index >= 15 is 0 Å². The molecule has 3 amide bonds. The number of nitrogens with one attached hydrogen (secondary N) is 2. The molecule has 12 heteroatoms. The number of pyridine rings is 1. The molecule has 3 aromatic heterocycles. The summed E-state index contributed by atoms with van der Waals surface area (Å²) >= 11 is 0. The van der Waals surface area contributed by atoms with Crippen molar-refractivity contribution in [3.63, 3.8) is 0 Å². The molecular weight excluding hydrogens is 536 g/mol. The number of hydrogen-bond donors (Lipinski definition) is 2. The highest BCUT2D eigenvalue weighted by atomic mass is 16.2. The van der Waals surface area contributed by atoms with Gasteiger partial charge < -0.3 is 15.5 Å². The van der Waals surface area contributed by atoms with Crippen molar-refractivity contribution in [3.05, 3.63) is 82.7 Å². The second kappa shape index (κ2) is 12.3. The zero-order chi connectivity index (χ0) is 29.8. The maximum absolute atomic E-state index is 13.8. The topological polar surface area (TPSA) is 144 Å². The third kappa shape index (κ3) is 6.07. The molecular formula is C30H34N8O4. The molecule has 1 aliphatic rings. The van der Waals surface area contributed by atoms with E-state index in [-0.39, 0.29) is 49.4 Å². The molecule has 0 unspecified atom stereocenters. The van der Waals surface area contributed by atoms with E-state index < -0.39 is 23.6 Å². The van der Waals surface area contributed by atoms with Crippen molar-refractivity contribution in [2.75, 3.05) is 13.1 Å². The monoisotopic (exact) mass is 570 g/mol. The van der Waals surface area contributed by atoms with Gasteiger partial charge in [-0.1, -0.05) is 50.2 Å².